The monoisotopic (exact) mass is 349 g/mol. The Balaban J connectivity index is 1.33. The fourth-order valence-corrected chi connectivity index (χ4v) is 3.63. The van der Waals surface area contributed by atoms with Gasteiger partial charge in [-0.3, -0.25) is 19.1 Å². The molecule has 1 aliphatic heterocycles. The van der Waals surface area contributed by atoms with Crippen LogP contribution in [0.5, 0.6) is 0 Å². The van der Waals surface area contributed by atoms with Gasteiger partial charge in [0.15, 0.2) is 5.65 Å². The van der Waals surface area contributed by atoms with E-state index in [9.17, 15) is 4.79 Å². The molecule has 0 spiro atoms. The van der Waals surface area contributed by atoms with Crippen molar-refractivity contribution in [3.8, 4) is 0 Å². The molecule has 4 rings (SSSR count). The molecule has 1 aromatic carbocycles. The Bertz CT molecular complexity index is 876. The second kappa shape index (κ2) is 7.66. The van der Waals surface area contributed by atoms with Gasteiger partial charge in [0.2, 0.25) is 0 Å². The van der Waals surface area contributed by atoms with E-state index in [-0.39, 0.29) is 5.91 Å². The van der Waals surface area contributed by atoms with E-state index in [1.54, 1.807) is 12.4 Å². The SMILES string of the molecule is O=C(NCC1CCCN(Cc2cnc3cnccn23)C1)c1ccccc1. The molecule has 1 amide bonds. The van der Waals surface area contributed by atoms with Crippen LogP contribution in [0.25, 0.3) is 5.65 Å². The Morgan fingerprint density at radius 3 is 3.00 bits per heavy atom. The van der Waals surface area contributed by atoms with Gasteiger partial charge in [0.25, 0.3) is 5.91 Å². The first-order valence-corrected chi connectivity index (χ1v) is 9.11. The number of rotatable bonds is 5. The number of aromatic nitrogens is 3. The zero-order valence-corrected chi connectivity index (χ0v) is 14.7. The number of likely N-dealkylation sites (tertiary alicyclic amines) is 1. The average molecular weight is 349 g/mol. The van der Waals surface area contributed by atoms with E-state index >= 15 is 0 Å². The first-order valence-electron chi connectivity index (χ1n) is 9.11. The molecule has 0 radical (unpaired) electrons. The minimum Gasteiger partial charge on any atom is -0.352 e. The predicted molar refractivity (Wildman–Crippen MR) is 99.8 cm³/mol. The van der Waals surface area contributed by atoms with Crippen LogP contribution in [0.4, 0.5) is 0 Å². The third-order valence-corrected chi connectivity index (χ3v) is 4.97. The van der Waals surface area contributed by atoms with Crippen molar-refractivity contribution in [2.24, 2.45) is 5.92 Å². The van der Waals surface area contributed by atoms with Gasteiger partial charge in [-0.25, -0.2) is 4.98 Å². The highest BCUT2D eigenvalue weighted by atomic mass is 16.1. The molecule has 2 aromatic heterocycles. The van der Waals surface area contributed by atoms with Crippen molar-refractivity contribution in [3.63, 3.8) is 0 Å². The van der Waals surface area contributed by atoms with E-state index in [1.165, 1.54) is 5.69 Å². The number of benzene rings is 1. The van der Waals surface area contributed by atoms with Gasteiger partial charge in [-0.15, -0.1) is 0 Å². The van der Waals surface area contributed by atoms with E-state index in [1.807, 2.05) is 42.7 Å². The van der Waals surface area contributed by atoms with Gasteiger partial charge in [-0.05, 0) is 37.4 Å². The van der Waals surface area contributed by atoms with Crippen LogP contribution in [0.3, 0.4) is 0 Å². The zero-order chi connectivity index (χ0) is 17.8. The van der Waals surface area contributed by atoms with Crippen molar-refractivity contribution >= 4 is 11.6 Å². The fourth-order valence-electron chi connectivity index (χ4n) is 3.63. The van der Waals surface area contributed by atoms with E-state index < -0.39 is 0 Å². The number of nitrogens with one attached hydrogen (secondary N) is 1. The minimum absolute atomic E-state index is 0.0111. The number of carbonyl (C=O) groups is 1. The van der Waals surface area contributed by atoms with E-state index in [2.05, 4.69) is 24.6 Å². The normalized spacial score (nSPS) is 18.1. The van der Waals surface area contributed by atoms with Crippen molar-refractivity contribution in [2.75, 3.05) is 19.6 Å². The maximum Gasteiger partial charge on any atom is 0.251 e. The van der Waals surface area contributed by atoms with Gasteiger partial charge < -0.3 is 5.32 Å². The summed E-state index contributed by atoms with van der Waals surface area (Å²) in [6.45, 7) is 3.67. The van der Waals surface area contributed by atoms with Crippen molar-refractivity contribution in [1.82, 2.24) is 24.6 Å². The standard InChI is InChI=1S/C20H23N5O/c26-20(17-6-2-1-3-7-17)23-11-16-5-4-9-24(14-16)15-18-12-22-19-13-21-8-10-25(18)19/h1-3,6-8,10,12-13,16H,4-5,9,11,14-15H2,(H,23,26). The smallest absolute Gasteiger partial charge is 0.251 e. The van der Waals surface area contributed by atoms with Crippen LogP contribution in [0.15, 0.2) is 55.1 Å². The highest BCUT2D eigenvalue weighted by molar-refractivity contribution is 5.94. The topological polar surface area (TPSA) is 62.5 Å². The molecule has 1 N–H and O–H groups in total. The number of imidazole rings is 1. The Kier molecular flexibility index (Phi) is 4.93. The number of carbonyl (C=O) groups excluding carboxylic acids is 1. The Morgan fingerprint density at radius 1 is 1.23 bits per heavy atom. The molecule has 134 valence electrons. The minimum atomic E-state index is 0.0111. The third kappa shape index (κ3) is 3.75. The predicted octanol–water partition coefficient (Wildman–Crippen LogP) is 2.37. The summed E-state index contributed by atoms with van der Waals surface area (Å²) in [5, 5.41) is 3.09. The lowest BCUT2D eigenvalue weighted by Gasteiger charge is -2.32. The molecular weight excluding hydrogens is 326 g/mol. The summed E-state index contributed by atoms with van der Waals surface area (Å²) in [5.74, 6) is 0.495. The van der Waals surface area contributed by atoms with Gasteiger partial charge in [-0.1, -0.05) is 18.2 Å². The van der Waals surface area contributed by atoms with Crippen molar-refractivity contribution in [2.45, 2.75) is 19.4 Å². The lowest BCUT2D eigenvalue weighted by molar-refractivity contribution is 0.0930. The van der Waals surface area contributed by atoms with Gasteiger partial charge in [0.1, 0.15) is 0 Å². The Labute approximate surface area is 152 Å². The van der Waals surface area contributed by atoms with Crippen LogP contribution in [-0.2, 0) is 6.54 Å². The number of hydrogen-bond acceptors (Lipinski definition) is 4. The van der Waals surface area contributed by atoms with Crippen LogP contribution in [-0.4, -0.2) is 44.8 Å². The molecule has 0 saturated carbocycles. The number of hydrogen-bond donors (Lipinski definition) is 1. The fraction of sp³-hybridized carbons (Fsp3) is 0.350. The molecule has 6 heteroatoms. The lowest BCUT2D eigenvalue weighted by Crippen LogP contribution is -2.40. The molecule has 26 heavy (non-hydrogen) atoms. The summed E-state index contributed by atoms with van der Waals surface area (Å²) in [4.78, 5) is 23.2. The lowest BCUT2D eigenvalue weighted by atomic mass is 9.97. The summed E-state index contributed by atoms with van der Waals surface area (Å²) in [6, 6.07) is 9.40. The number of fused-ring (bicyclic) bond motifs is 1. The number of piperidine rings is 1. The summed E-state index contributed by atoms with van der Waals surface area (Å²) in [5.41, 5.74) is 2.78. The largest absolute Gasteiger partial charge is 0.352 e. The molecule has 1 saturated heterocycles. The van der Waals surface area contributed by atoms with Gasteiger partial charge in [-0.2, -0.15) is 0 Å². The van der Waals surface area contributed by atoms with E-state index in [4.69, 9.17) is 0 Å². The molecule has 1 unspecified atom stereocenters. The maximum atomic E-state index is 12.2. The number of nitrogens with zero attached hydrogens (tertiary/aromatic N) is 4. The first-order chi connectivity index (χ1) is 12.8. The third-order valence-electron chi connectivity index (χ3n) is 4.97. The maximum absolute atomic E-state index is 12.2. The quantitative estimate of drug-likeness (QED) is 0.768. The van der Waals surface area contributed by atoms with Gasteiger partial charge >= 0.3 is 0 Å². The first kappa shape index (κ1) is 16.7. The van der Waals surface area contributed by atoms with Crippen LogP contribution < -0.4 is 5.32 Å². The van der Waals surface area contributed by atoms with Crippen molar-refractivity contribution in [3.05, 3.63) is 66.4 Å². The van der Waals surface area contributed by atoms with Gasteiger partial charge in [0, 0.05) is 37.6 Å². The zero-order valence-electron chi connectivity index (χ0n) is 14.7. The highest BCUT2D eigenvalue weighted by Crippen LogP contribution is 2.18. The van der Waals surface area contributed by atoms with E-state index in [0.29, 0.717) is 5.92 Å². The molecule has 3 heterocycles. The van der Waals surface area contributed by atoms with Crippen LogP contribution in [0.2, 0.25) is 0 Å². The highest BCUT2D eigenvalue weighted by Gasteiger charge is 2.21. The van der Waals surface area contributed by atoms with Gasteiger partial charge in [0.05, 0.1) is 18.1 Å². The summed E-state index contributed by atoms with van der Waals surface area (Å²) >= 11 is 0. The molecular formula is C20H23N5O. The van der Waals surface area contributed by atoms with E-state index in [0.717, 1.165) is 50.2 Å². The number of amides is 1. The Hall–Kier alpha value is -2.73. The van der Waals surface area contributed by atoms with Crippen LogP contribution >= 0.6 is 0 Å². The molecule has 1 atom stereocenters. The summed E-state index contributed by atoms with van der Waals surface area (Å²) in [6.07, 6.45) is 9.77. The molecule has 0 aliphatic carbocycles. The van der Waals surface area contributed by atoms with Crippen LogP contribution in [0.1, 0.15) is 28.9 Å². The molecule has 3 aromatic rings. The molecule has 1 fully saturated rings. The van der Waals surface area contributed by atoms with Crippen molar-refractivity contribution < 1.29 is 4.79 Å². The molecule has 0 bridgehead atoms. The average Bonchev–Trinajstić information content (AvgIpc) is 3.10. The Morgan fingerprint density at radius 2 is 2.12 bits per heavy atom. The van der Waals surface area contributed by atoms with Crippen molar-refractivity contribution in [1.29, 1.82) is 0 Å². The van der Waals surface area contributed by atoms with Crippen LogP contribution in [0, 0.1) is 5.92 Å². The summed E-state index contributed by atoms with van der Waals surface area (Å²) < 4.78 is 2.09. The summed E-state index contributed by atoms with van der Waals surface area (Å²) in [7, 11) is 0. The second-order valence-electron chi connectivity index (χ2n) is 6.87. The molecule has 1 aliphatic rings. The molecule has 6 nitrogen and oxygen atoms in total. The second-order valence-corrected chi connectivity index (χ2v) is 6.87.